The highest BCUT2D eigenvalue weighted by Crippen LogP contribution is 2.38. The Balaban J connectivity index is 2.09. The number of fused-ring (bicyclic) bond motifs is 1. The molecule has 2 atom stereocenters. The summed E-state index contributed by atoms with van der Waals surface area (Å²) >= 11 is 0. The van der Waals surface area contributed by atoms with E-state index < -0.39 is 11.0 Å². The van der Waals surface area contributed by atoms with Crippen LogP contribution < -0.4 is 14.8 Å². The van der Waals surface area contributed by atoms with Crippen molar-refractivity contribution < 1.29 is 23.9 Å². The number of ether oxygens (including phenoxy) is 3. The van der Waals surface area contributed by atoms with Crippen molar-refractivity contribution in [3.8, 4) is 11.5 Å². The minimum Gasteiger partial charge on any atom is -0.493 e. The van der Waals surface area contributed by atoms with Crippen molar-refractivity contribution in [1.82, 2.24) is 5.32 Å². The van der Waals surface area contributed by atoms with Gasteiger partial charge in [-0.25, -0.2) is 0 Å². The molecule has 0 unspecified atom stereocenters. The van der Waals surface area contributed by atoms with Gasteiger partial charge in [0.25, 0.3) is 5.69 Å². The van der Waals surface area contributed by atoms with E-state index in [1.807, 2.05) is 12.1 Å². The Labute approximate surface area is 156 Å². The molecule has 0 saturated heterocycles. The predicted molar refractivity (Wildman–Crippen MR) is 97.1 cm³/mol. The minimum absolute atomic E-state index is 0.00612. The first kappa shape index (κ1) is 18.7. The first-order valence-corrected chi connectivity index (χ1v) is 8.31. The highest BCUT2D eigenvalue weighted by atomic mass is 16.6. The second-order valence-electron chi connectivity index (χ2n) is 6.13. The lowest BCUT2D eigenvalue weighted by Crippen LogP contribution is -2.45. The van der Waals surface area contributed by atoms with E-state index in [1.165, 1.54) is 19.2 Å². The highest BCUT2D eigenvalue weighted by molar-refractivity contribution is 5.77. The summed E-state index contributed by atoms with van der Waals surface area (Å²) in [5.41, 5.74) is 2.64. The summed E-state index contributed by atoms with van der Waals surface area (Å²) in [5, 5.41) is 14.2. The standard InChI is InChI=1S/C19H20N2O6/c1-25-16-9-12-8-15(19(22)27-3)20-18(14(12)10-17(16)26-2)11-4-6-13(7-5-11)21(23)24/h4-7,9-10,15,18,20H,8H2,1-3H3/t15-,18-/m0/s1. The van der Waals surface area contributed by atoms with Crippen LogP contribution in [0.25, 0.3) is 0 Å². The van der Waals surface area contributed by atoms with Crippen molar-refractivity contribution in [3.63, 3.8) is 0 Å². The molecule has 2 aromatic rings. The number of carbonyl (C=O) groups excluding carboxylic acids is 1. The SMILES string of the molecule is COC(=O)[C@@H]1Cc2cc(OC)c(OC)cc2[C@H](c2ccc([N+](=O)[O-])cc2)N1. The van der Waals surface area contributed by atoms with Crippen LogP contribution in [0.1, 0.15) is 22.7 Å². The molecule has 0 aromatic heterocycles. The third-order valence-corrected chi connectivity index (χ3v) is 4.67. The lowest BCUT2D eigenvalue weighted by molar-refractivity contribution is -0.384. The lowest BCUT2D eigenvalue weighted by Gasteiger charge is -2.33. The van der Waals surface area contributed by atoms with Gasteiger partial charge in [-0.1, -0.05) is 12.1 Å². The molecule has 0 fully saturated rings. The van der Waals surface area contributed by atoms with Gasteiger partial charge in [-0.3, -0.25) is 20.2 Å². The second-order valence-corrected chi connectivity index (χ2v) is 6.13. The van der Waals surface area contributed by atoms with Crippen molar-refractivity contribution in [2.75, 3.05) is 21.3 Å². The van der Waals surface area contributed by atoms with Crippen LogP contribution in [0, 0.1) is 10.1 Å². The zero-order valence-corrected chi connectivity index (χ0v) is 15.2. The van der Waals surface area contributed by atoms with Crippen LogP contribution in [-0.2, 0) is 16.0 Å². The Morgan fingerprint density at radius 3 is 2.30 bits per heavy atom. The summed E-state index contributed by atoms with van der Waals surface area (Å²) in [6, 6.07) is 9.06. The molecule has 1 aliphatic rings. The molecule has 1 heterocycles. The minimum atomic E-state index is -0.541. The van der Waals surface area contributed by atoms with Gasteiger partial charge in [-0.2, -0.15) is 0 Å². The number of methoxy groups -OCH3 is 3. The largest absolute Gasteiger partial charge is 0.493 e. The third-order valence-electron chi connectivity index (χ3n) is 4.67. The van der Waals surface area contributed by atoms with Crippen molar-refractivity contribution in [1.29, 1.82) is 0 Å². The molecule has 27 heavy (non-hydrogen) atoms. The quantitative estimate of drug-likeness (QED) is 0.489. The maximum Gasteiger partial charge on any atom is 0.323 e. The van der Waals surface area contributed by atoms with E-state index in [0.717, 1.165) is 16.7 Å². The molecule has 8 nitrogen and oxygen atoms in total. The highest BCUT2D eigenvalue weighted by Gasteiger charge is 2.33. The van der Waals surface area contributed by atoms with E-state index in [4.69, 9.17) is 14.2 Å². The molecular weight excluding hydrogens is 352 g/mol. The van der Waals surface area contributed by atoms with Gasteiger partial charge in [0, 0.05) is 12.1 Å². The summed E-state index contributed by atoms with van der Waals surface area (Å²) < 4.78 is 15.7. The molecule has 1 aliphatic heterocycles. The average molecular weight is 372 g/mol. The molecule has 0 saturated carbocycles. The van der Waals surface area contributed by atoms with Crippen LogP contribution >= 0.6 is 0 Å². The maximum atomic E-state index is 12.1. The van der Waals surface area contributed by atoms with Gasteiger partial charge < -0.3 is 14.2 Å². The third kappa shape index (κ3) is 3.56. The fourth-order valence-electron chi connectivity index (χ4n) is 3.31. The fourth-order valence-corrected chi connectivity index (χ4v) is 3.31. The van der Waals surface area contributed by atoms with Crippen LogP contribution in [0.2, 0.25) is 0 Å². The average Bonchev–Trinajstić information content (AvgIpc) is 2.71. The normalized spacial score (nSPS) is 18.3. The molecule has 0 radical (unpaired) electrons. The first-order chi connectivity index (χ1) is 13.0. The smallest absolute Gasteiger partial charge is 0.323 e. The number of hydrogen-bond donors (Lipinski definition) is 1. The van der Waals surface area contributed by atoms with E-state index in [-0.39, 0.29) is 17.7 Å². The predicted octanol–water partition coefficient (Wildman–Crippen LogP) is 2.39. The molecule has 0 bridgehead atoms. The fraction of sp³-hybridized carbons (Fsp3) is 0.316. The number of non-ortho nitro benzene ring substituents is 1. The summed E-state index contributed by atoms with van der Waals surface area (Å²) in [5.74, 6) is 0.771. The Hall–Kier alpha value is -3.13. The van der Waals surface area contributed by atoms with Crippen molar-refractivity contribution in [2.45, 2.75) is 18.5 Å². The van der Waals surface area contributed by atoms with Gasteiger partial charge in [0.15, 0.2) is 11.5 Å². The zero-order chi connectivity index (χ0) is 19.6. The maximum absolute atomic E-state index is 12.1. The Kier molecular flexibility index (Phi) is 5.27. The zero-order valence-electron chi connectivity index (χ0n) is 15.2. The number of nitrogens with zero attached hydrogens (tertiary/aromatic N) is 1. The number of carbonyl (C=O) groups is 1. The van der Waals surface area contributed by atoms with Crippen molar-refractivity contribution >= 4 is 11.7 Å². The van der Waals surface area contributed by atoms with Crippen LogP contribution in [0.5, 0.6) is 11.5 Å². The molecule has 0 amide bonds. The Morgan fingerprint density at radius 1 is 1.11 bits per heavy atom. The molecule has 142 valence electrons. The number of nitro benzene ring substituents is 1. The molecule has 1 N–H and O–H groups in total. The topological polar surface area (TPSA) is 99.9 Å². The van der Waals surface area contributed by atoms with E-state index in [2.05, 4.69) is 5.32 Å². The Morgan fingerprint density at radius 2 is 1.74 bits per heavy atom. The summed E-state index contributed by atoms with van der Waals surface area (Å²) in [7, 11) is 4.45. The molecular formula is C19H20N2O6. The number of esters is 1. The van der Waals surface area contributed by atoms with Gasteiger partial charge in [-0.05, 0) is 35.2 Å². The summed E-state index contributed by atoms with van der Waals surface area (Å²) in [4.78, 5) is 22.6. The van der Waals surface area contributed by atoms with Crippen LogP contribution in [0.3, 0.4) is 0 Å². The van der Waals surface area contributed by atoms with Gasteiger partial charge in [0.1, 0.15) is 6.04 Å². The van der Waals surface area contributed by atoms with Gasteiger partial charge in [0.2, 0.25) is 0 Å². The summed E-state index contributed by atoms with van der Waals surface area (Å²) in [6.45, 7) is 0. The second kappa shape index (κ2) is 7.63. The molecule has 3 rings (SSSR count). The lowest BCUT2D eigenvalue weighted by atomic mass is 9.86. The van der Waals surface area contributed by atoms with Crippen LogP contribution in [0.4, 0.5) is 5.69 Å². The summed E-state index contributed by atoms with van der Waals surface area (Å²) in [6.07, 6.45) is 0.436. The van der Waals surface area contributed by atoms with Gasteiger partial charge in [0.05, 0.1) is 32.3 Å². The van der Waals surface area contributed by atoms with Gasteiger partial charge >= 0.3 is 5.97 Å². The van der Waals surface area contributed by atoms with Crippen molar-refractivity contribution in [3.05, 3.63) is 63.2 Å². The van der Waals surface area contributed by atoms with Crippen LogP contribution in [0.15, 0.2) is 36.4 Å². The number of benzene rings is 2. The molecule has 2 aromatic carbocycles. The van der Waals surface area contributed by atoms with Crippen molar-refractivity contribution in [2.24, 2.45) is 0 Å². The molecule has 0 spiro atoms. The number of hydrogen-bond acceptors (Lipinski definition) is 7. The van der Waals surface area contributed by atoms with Gasteiger partial charge in [-0.15, -0.1) is 0 Å². The number of rotatable bonds is 5. The monoisotopic (exact) mass is 372 g/mol. The van der Waals surface area contributed by atoms with E-state index in [1.54, 1.807) is 26.4 Å². The van der Waals surface area contributed by atoms with E-state index in [9.17, 15) is 14.9 Å². The van der Waals surface area contributed by atoms with E-state index in [0.29, 0.717) is 17.9 Å². The van der Waals surface area contributed by atoms with Crippen LogP contribution in [-0.4, -0.2) is 38.3 Å². The molecule has 0 aliphatic carbocycles. The molecule has 8 heteroatoms. The Bertz CT molecular complexity index is 865. The first-order valence-electron chi connectivity index (χ1n) is 8.31. The number of nitro groups is 1. The number of nitrogens with one attached hydrogen (secondary N) is 1. The van der Waals surface area contributed by atoms with E-state index >= 15 is 0 Å².